The van der Waals surface area contributed by atoms with Gasteiger partial charge in [-0.2, -0.15) is 0 Å². The summed E-state index contributed by atoms with van der Waals surface area (Å²) in [5.41, 5.74) is 8.49. The lowest BCUT2D eigenvalue weighted by molar-refractivity contribution is -0.155. The van der Waals surface area contributed by atoms with E-state index in [-0.39, 0.29) is 18.1 Å². The predicted molar refractivity (Wildman–Crippen MR) is 135 cm³/mol. The summed E-state index contributed by atoms with van der Waals surface area (Å²) in [5.74, 6) is -0.657. The van der Waals surface area contributed by atoms with Crippen LogP contribution in [0.15, 0.2) is 81.7 Å². The Hall–Kier alpha value is -2.51. The molecule has 4 N–H and O–H groups in total. The van der Waals surface area contributed by atoms with Crippen LogP contribution in [0.2, 0.25) is 0 Å². The first-order chi connectivity index (χ1) is 16.2. The minimum atomic E-state index is -0.877. The molecule has 2 aliphatic carbocycles. The molecule has 1 saturated heterocycles. The number of hydrazine groups is 1. The van der Waals surface area contributed by atoms with Gasteiger partial charge >= 0.3 is 0 Å². The van der Waals surface area contributed by atoms with E-state index < -0.39 is 18.1 Å². The molecule has 0 spiro atoms. The van der Waals surface area contributed by atoms with Gasteiger partial charge in [0.1, 0.15) is 11.8 Å². The topological polar surface area (TPSA) is 93.0 Å². The fraction of sp³-hybridized carbons (Fsp3) is 0.464. The van der Waals surface area contributed by atoms with Crippen molar-refractivity contribution in [2.24, 2.45) is 5.92 Å². The highest BCUT2D eigenvalue weighted by Gasteiger charge is 2.41. The summed E-state index contributed by atoms with van der Waals surface area (Å²) in [6, 6.07) is -0.785. The van der Waals surface area contributed by atoms with E-state index in [0.29, 0.717) is 23.1 Å². The number of fused-ring (bicyclic) bond motifs is 3. The number of carbonyl (C=O) groups excluding carboxylic acids is 1. The van der Waals surface area contributed by atoms with E-state index in [2.05, 4.69) is 51.3 Å². The first-order valence-electron chi connectivity index (χ1n) is 12.1. The Bertz CT molecular complexity index is 1010. The van der Waals surface area contributed by atoms with Crippen LogP contribution in [0.5, 0.6) is 0 Å². The number of aliphatic hydroxyl groups excluding tert-OH is 2. The smallest absolute Gasteiger partial charge is 0.178 e. The molecule has 0 saturated carbocycles. The van der Waals surface area contributed by atoms with Crippen LogP contribution >= 0.6 is 0 Å². The molecule has 0 radical (unpaired) electrons. The van der Waals surface area contributed by atoms with Crippen molar-refractivity contribution in [3.8, 4) is 0 Å². The van der Waals surface area contributed by atoms with E-state index in [1.165, 1.54) is 22.8 Å². The normalized spacial score (nSPS) is 25.9. The number of nitrogens with one attached hydrogen (secondary N) is 1. The third-order valence-electron chi connectivity index (χ3n) is 6.60. The lowest BCUT2D eigenvalue weighted by Gasteiger charge is -2.30. The van der Waals surface area contributed by atoms with Gasteiger partial charge in [0.2, 0.25) is 0 Å². The van der Waals surface area contributed by atoms with Crippen LogP contribution in [-0.4, -0.2) is 45.1 Å². The van der Waals surface area contributed by atoms with E-state index in [1.54, 1.807) is 18.2 Å². The Morgan fingerprint density at radius 1 is 1.12 bits per heavy atom. The van der Waals surface area contributed by atoms with E-state index in [1.807, 2.05) is 0 Å². The molecular weight excluding hydrogens is 428 g/mol. The molecule has 184 valence electrons. The van der Waals surface area contributed by atoms with Crippen molar-refractivity contribution < 1.29 is 20.2 Å². The molecule has 1 heterocycles. The van der Waals surface area contributed by atoms with Gasteiger partial charge in [-0.15, -0.1) is 5.17 Å². The highest BCUT2D eigenvalue weighted by atomic mass is 16.5. The maximum absolute atomic E-state index is 12.4. The van der Waals surface area contributed by atoms with Gasteiger partial charge in [0.05, 0.1) is 6.10 Å². The summed E-state index contributed by atoms with van der Waals surface area (Å²) in [4.78, 5) is 12.4. The quantitative estimate of drug-likeness (QED) is 0.369. The van der Waals surface area contributed by atoms with Gasteiger partial charge in [-0.25, -0.2) is 5.43 Å². The SMILES string of the molecule is CC(C)=CCCC(C)=CCCC(C)=CCC1=CC(O)C2CN(O)NC3C(=O)C=CC=C3C2=C1O. The van der Waals surface area contributed by atoms with Crippen molar-refractivity contribution in [2.45, 2.75) is 71.9 Å². The first-order valence-corrected chi connectivity index (χ1v) is 12.1. The van der Waals surface area contributed by atoms with Crippen LogP contribution < -0.4 is 5.43 Å². The molecule has 34 heavy (non-hydrogen) atoms. The van der Waals surface area contributed by atoms with Crippen LogP contribution in [0, 0.1) is 5.92 Å². The maximum atomic E-state index is 12.4. The van der Waals surface area contributed by atoms with Crippen molar-refractivity contribution in [1.29, 1.82) is 0 Å². The van der Waals surface area contributed by atoms with Gasteiger partial charge < -0.3 is 10.2 Å². The lowest BCUT2D eigenvalue weighted by Crippen LogP contribution is -2.47. The Morgan fingerprint density at radius 2 is 1.79 bits per heavy atom. The number of hydrogen-bond acceptors (Lipinski definition) is 6. The van der Waals surface area contributed by atoms with Crippen molar-refractivity contribution in [2.75, 3.05) is 6.54 Å². The van der Waals surface area contributed by atoms with Crippen LogP contribution in [0.1, 0.15) is 59.8 Å². The van der Waals surface area contributed by atoms with E-state index in [9.17, 15) is 20.2 Å². The average Bonchev–Trinajstić information content (AvgIpc) is 2.92. The molecule has 3 unspecified atom stereocenters. The molecule has 3 aliphatic rings. The molecule has 6 heteroatoms. The molecule has 0 amide bonds. The Labute approximate surface area is 203 Å². The maximum Gasteiger partial charge on any atom is 0.178 e. The van der Waals surface area contributed by atoms with Crippen molar-refractivity contribution in [1.82, 2.24) is 10.6 Å². The van der Waals surface area contributed by atoms with Crippen LogP contribution in [0.3, 0.4) is 0 Å². The van der Waals surface area contributed by atoms with Crippen molar-refractivity contribution >= 4 is 5.78 Å². The number of hydrogen-bond donors (Lipinski definition) is 4. The fourth-order valence-electron chi connectivity index (χ4n) is 4.62. The average molecular weight is 467 g/mol. The lowest BCUT2D eigenvalue weighted by atomic mass is 9.77. The number of nitrogens with zero attached hydrogens (tertiary/aromatic N) is 1. The number of rotatable bonds is 8. The zero-order chi connectivity index (χ0) is 24.8. The van der Waals surface area contributed by atoms with Gasteiger partial charge in [-0.05, 0) is 83.1 Å². The first kappa shape index (κ1) is 26.1. The molecule has 0 aromatic heterocycles. The van der Waals surface area contributed by atoms with Crippen molar-refractivity contribution in [3.63, 3.8) is 0 Å². The number of ketones is 1. The molecule has 1 fully saturated rings. The summed E-state index contributed by atoms with van der Waals surface area (Å²) in [5, 5.41) is 33.0. The second kappa shape index (κ2) is 11.8. The molecule has 0 aromatic carbocycles. The molecule has 3 rings (SSSR count). The molecular formula is C28H38N2O4. The number of aliphatic hydroxyl groups is 2. The third-order valence-corrected chi connectivity index (χ3v) is 6.60. The standard InChI is InChI=1S/C28H38N2O4/c1-18(2)8-5-9-19(3)10-6-11-20(4)14-15-21-16-25(32)23-17-30(34)29-27-22(26(23)28(21)33)12-7-13-24(27)31/h7-8,10,12-14,16,23,25,27,29,32-34H,5-6,9,11,15,17H2,1-4H3. The Kier molecular flexibility index (Phi) is 9.03. The summed E-state index contributed by atoms with van der Waals surface area (Å²) in [6.07, 6.45) is 16.8. The van der Waals surface area contributed by atoms with Gasteiger partial charge in [0.15, 0.2) is 5.78 Å². The minimum absolute atomic E-state index is 0.0552. The highest BCUT2D eigenvalue weighted by molar-refractivity contribution is 5.99. The van der Waals surface area contributed by atoms with Gasteiger partial charge in [0, 0.05) is 18.0 Å². The predicted octanol–water partition coefficient (Wildman–Crippen LogP) is 5.17. The van der Waals surface area contributed by atoms with E-state index in [4.69, 9.17) is 0 Å². The van der Waals surface area contributed by atoms with Crippen molar-refractivity contribution in [3.05, 3.63) is 81.7 Å². The van der Waals surface area contributed by atoms with E-state index >= 15 is 0 Å². The molecule has 0 aromatic rings. The van der Waals surface area contributed by atoms with Gasteiger partial charge in [-0.3, -0.25) is 10.0 Å². The largest absolute Gasteiger partial charge is 0.507 e. The number of allylic oxidation sites excluding steroid dienone is 9. The van der Waals surface area contributed by atoms with Gasteiger partial charge in [-0.1, -0.05) is 47.1 Å². The zero-order valence-corrected chi connectivity index (χ0v) is 20.7. The molecule has 1 aliphatic heterocycles. The van der Waals surface area contributed by atoms with Crippen LogP contribution in [0.25, 0.3) is 0 Å². The summed E-state index contributed by atoms with van der Waals surface area (Å²) in [7, 11) is 0. The second-order valence-electron chi connectivity index (χ2n) is 9.74. The van der Waals surface area contributed by atoms with Crippen LogP contribution in [-0.2, 0) is 4.79 Å². The zero-order valence-electron chi connectivity index (χ0n) is 20.7. The van der Waals surface area contributed by atoms with Gasteiger partial charge in [0.25, 0.3) is 0 Å². The number of carbonyl (C=O) groups is 1. The second-order valence-corrected chi connectivity index (χ2v) is 9.74. The third kappa shape index (κ3) is 6.54. The van der Waals surface area contributed by atoms with Crippen LogP contribution in [0.4, 0.5) is 0 Å². The Morgan fingerprint density at radius 3 is 2.50 bits per heavy atom. The minimum Gasteiger partial charge on any atom is -0.507 e. The molecule has 0 bridgehead atoms. The summed E-state index contributed by atoms with van der Waals surface area (Å²) < 4.78 is 0. The summed E-state index contributed by atoms with van der Waals surface area (Å²) in [6.45, 7) is 8.56. The summed E-state index contributed by atoms with van der Waals surface area (Å²) >= 11 is 0. The monoisotopic (exact) mass is 466 g/mol. The van der Waals surface area contributed by atoms with E-state index in [0.717, 1.165) is 30.9 Å². The molecule has 6 nitrogen and oxygen atoms in total. The Balaban J connectivity index is 1.70. The molecule has 3 atom stereocenters. The number of hydroxylamine groups is 1. The fourth-order valence-corrected chi connectivity index (χ4v) is 4.62. The highest BCUT2D eigenvalue weighted by Crippen LogP contribution is 2.39.